The van der Waals surface area contributed by atoms with Gasteiger partial charge in [0.1, 0.15) is 11.6 Å². The van der Waals surface area contributed by atoms with Gasteiger partial charge in [0.05, 0.1) is 6.10 Å². The SMILES string of the molecule is CC(O)CC(C)NCc1ccc(F)cc1F. The molecule has 0 bridgehead atoms. The minimum atomic E-state index is -0.571. The Hall–Kier alpha value is -1.00. The Morgan fingerprint density at radius 2 is 2.00 bits per heavy atom. The van der Waals surface area contributed by atoms with E-state index >= 15 is 0 Å². The molecule has 2 N–H and O–H groups in total. The molecule has 0 radical (unpaired) electrons. The van der Waals surface area contributed by atoms with Gasteiger partial charge in [-0.2, -0.15) is 0 Å². The molecule has 0 aliphatic rings. The van der Waals surface area contributed by atoms with Crippen molar-refractivity contribution in [1.29, 1.82) is 0 Å². The Labute approximate surface area is 94.3 Å². The van der Waals surface area contributed by atoms with Gasteiger partial charge in [0.25, 0.3) is 0 Å². The first-order valence-corrected chi connectivity index (χ1v) is 5.34. The third-order valence-electron chi connectivity index (χ3n) is 2.35. The molecule has 2 atom stereocenters. The summed E-state index contributed by atoms with van der Waals surface area (Å²) >= 11 is 0. The average molecular weight is 229 g/mol. The van der Waals surface area contributed by atoms with E-state index in [1.165, 1.54) is 12.1 Å². The van der Waals surface area contributed by atoms with E-state index in [-0.39, 0.29) is 12.1 Å². The Morgan fingerprint density at radius 1 is 1.31 bits per heavy atom. The molecule has 2 unspecified atom stereocenters. The largest absolute Gasteiger partial charge is 0.393 e. The average Bonchev–Trinajstić information content (AvgIpc) is 2.15. The Balaban J connectivity index is 2.48. The maximum Gasteiger partial charge on any atom is 0.130 e. The van der Waals surface area contributed by atoms with Crippen molar-refractivity contribution in [3.05, 3.63) is 35.4 Å². The summed E-state index contributed by atoms with van der Waals surface area (Å²) in [5.41, 5.74) is 0.429. The predicted molar refractivity (Wildman–Crippen MR) is 59.0 cm³/mol. The topological polar surface area (TPSA) is 32.3 Å². The van der Waals surface area contributed by atoms with Gasteiger partial charge in [-0.1, -0.05) is 6.07 Å². The van der Waals surface area contributed by atoms with Crippen molar-refractivity contribution >= 4 is 0 Å². The van der Waals surface area contributed by atoms with Crippen LogP contribution < -0.4 is 5.32 Å². The lowest BCUT2D eigenvalue weighted by Crippen LogP contribution is -2.29. The van der Waals surface area contributed by atoms with Crippen molar-refractivity contribution in [3.63, 3.8) is 0 Å². The standard InChI is InChI=1S/C12H17F2NO/c1-8(5-9(2)16)15-7-10-3-4-11(13)6-12(10)14/h3-4,6,8-9,15-16H,5,7H2,1-2H3. The fourth-order valence-corrected chi connectivity index (χ4v) is 1.54. The molecule has 0 saturated carbocycles. The summed E-state index contributed by atoms with van der Waals surface area (Å²) in [4.78, 5) is 0. The molecule has 0 fully saturated rings. The molecule has 16 heavy (non-hydrogen) atoms. The second-order valence-corrected chi connectivity index (χ2v) is 4.10. The maximum atomic E-state index is 13.2. The maximum absolute atomic E-state index is 13.2. The molecular weight excluding hydrogens is 212 g/mol. The molecule has 0 amide bonds. The summed E-state index contributed by atoms with van der Waals surface area (Å²) < 4.78 is 25.9. The first kappa shape index (κ1) is 13.1. The van der Waals surface area contributed by atoms with Crippen LogP contribution in [0.1, 0.15) is 25.8 Å². The van der Waals surface area contributed by atoms with E-state index in [1.54, 1.807) is 6.92 Å². The number of rotatable bonds is 5. The van der Waals surface area contributed by atoms with Crippen molar-refractivity contribution in [2.45, 2.75) is 39.0 Å². The van der Waals surface area contributed by atoms with Crippen molar-refractivity contribution in [1.82, 2.24) is 5.32 Å². The van der Waals surface area contributed by atoms with E-state index in [9.17, 15) is 8.78 Å². The molecule has 0 heterocycles. The fourth-order valence-electron chi connectivity index (χ4n) is 1.54. The molecular formula is C12H17F2NO. The molecule has 0 aromatic heterocycles. The van der Waals surface area contributed by atoms with Crippen molar-refractivity contribution in [3.8, 4) is 0 Å². The summed E-state index contributed by atoms with van der Waals surface area (Å²) in [6.45, 7) is 3.95. The number of benzene rings is 1. The highest BCUT2D eigenvalue weighted by Crippen LogP contribution is 2.09. The van der Waals surface area contributed by atoms with Crippen LogP contribution in [-0.2, 0) is 6.54 Å². The van der Waals surface area contributed by atoms with Crippen LogP contribution in [0.5, 0.6) is 0 Å². The monoisotopic (exact) mass is 229 g/mol. The second-order valence-electron chi connectivity index (χ2n) is 4.10. The van der Waals surface area contributed by atoms with Crippen molar-refractivity contribution in [2.75, 3.05) is 0 Å². The highest BCUT2D eigenvalue weighted by atomic mass is 19.1. The summed E-state index contributed by atoms with van der Waals surface area (Å²) in [6, 6.07) is 3.62. The van der Waals surface area contributed by atoms with Crippen LogP contribution in [0.4, 0.5) is 8.78 Å². The van der Waals surface area contributed by atoms with Crippen LogP contribution >= 0.6 is 0 Å². The Bertz CT molecular complexity index is 342. The number of aliphatic hydroxyl groups is 1. The van der Waals surface area contributed by atoms with E-state index in [4.69, 9.17) is 5.11 Å². The highest BCUT2D eigenvalue weighted by Gasteiger charge is 2.08. The zero-order valence-electron chi connectivity index (χ0n) is 9.50. The van der Waals surface area contributed by atoms with Gasteiger partial charge in [-0.25, -0.2) is 8.78 Å². The van der Waals surface area contributed by atoms with Gasteiger partial charge in [-0.15, -0.1) is 0 Å². The van der Waals surface area contributed by atoms with E-state index in [2.05, 4.69) is 5.32 Å². The van der Waals surface area contributed by atoms with Crippen LogP contribution in [0.15, 0.2) is 18.2 Å². The number of nitrogens with one attached hydrogen (secondary N) is 1. The third kappa shape index (κ3) is 4.24. The van der Waals surface area contributed by atoms with Gasteiger partial charge in [-0.3, -0.25) is 0 Å². The fraction of sp³-hybridized carbons (Fsp3) is 0.500. The zero-order chi connectivity index (χ0) is 12.1. The first-order chi connectivity index (χ1) is 7.49. The molecule has 0 aliphatic carbocycles. The molecule has 0 aliphatic heterocycles. The van der Waals surface area contributed by atoms with Gasteiger partial charge >= 0.3 is 0 Å². The van der Waals surface area contributed by atoms with Gasteiger partial charge in [-0.05, 0) is 26.3 Å². The summed E-state index contributed by atoms with van der Waals surface area (Å²) in [5.74, 6) is -1.12. The van der Waals surface area contributed by atoms with E-state index in [0.717, 1.165) is 6.07 Å². The lowest BCUT2D eigenvalue weighted by atomic mass is 10.1. The van der Waals surface area contributed by atoms with Crippen molar-refractivity contribution < 1.29 is 13.9 Å². The first-order valence-electron chi connectivity index (χ1n) is 5.34. The Kier molecular flexibility index (Phi) is 4.83. The Morgan fingerprint density at radius 3 is 2.56 bits per heavy atom. The molecule has 1 aromatic carbocycles. The number of hydrogen-bond acceptors (Lipinski definition) is 2. The quantitative estimate of drug-likeness (QED) is 0.811. The molecule has 90 valence electrons. The lowest BCUT2D eigenvalue weighted by molar-refractivity contribution is 0.170. The smallest absolute Gasteiger partial charge is 0.130 e. The minimum Gasteiger partial charge on any atom is -0.393 e. The molecule has 0 spiro atoms. The van der Waals surface area contributed by atoms with E-state index in [0.29, 0.717) is 18.5 Å². The number of aliphatic hydroxyl groups excluding tert-OH is 1. The normalized spacial score (nSPS) is 14.8. The highest BCUT2D eigenvalue weighted by molar-refractivity contribution is 5.18. The van der Waals surface area contributed by atoms with E-state index < -0.39 is 11.6 Å². The van der Waals surface area contributed by atoms with Gasteiger partial charge in [0.2, 0.25) is 0 Å². The lowest BCUT2D eigenvalue weighted by Gasteiger charge is -2.15. The van der Waals surface area contributed by atoms with Gasteiger partial charge in [0.15, 0.2) is 0 Å². The molecule has 2 nitrogen and oxygen atoms in total. The third-order valence-corrected chi connectivity index (χ3v) is 2.35. The van der Waals surface area contributed by atoms with Crippen molar-refractivity contribution in [2.24, 2.45) is 0 Å². The predicted octanol–water partition coefficient (Wildman–Crippen LogP) is 2.21. The summed E-state index contributed by atoms with van der Waals surface area (Å²) in [7, 11) is 0. The molecule has 4 heteroatoms. The van der Waals surface area contributed by atoms with Crippen LogP contribution in [0.25, 0.3) is 0 Å². The minimum absolute atomic E-state index is 0.0875. The second kappa shape index (κ2) is 5.92. The number of halogens is 2. The number of hydrogen-bond donors (Lipinski definition) is 2. The van der Waals surface area contributed by atoms with Crippen LogP contribution in [-0.4, -0.2) is 17.3 Å². The molecule has 1 rings (SSSR count). The van der Waals surface area contributed by atoms with Crippen LogP contribution in [0, 0.1) is 11.6 Å². The van der Waals surface area contributed by atoms with Crippen LogP contribution in [0.2, 0.25) is 0 Å². The molecule has 0 saturated heterocycles. The molecule has 1 aromatic rings. The zero-order valence-corrected chi connectivity index (χ0v) is 9.50. The van der Waals surface area contributed by atoms with Gasteiger partial charge < -0.3 is 10.4 Å². The van der Waals surface area contributed by atoms with Gasteiger partial charge in [0, 0.05) is 24.2 Å². The summed E-state index contributed by atoms with van der Waals surface area (Å²) in [6.07, 6.45) is 0.212. The van der Waals surface area contributed by atoms with Crippen LogP contribution in [0.3, 0.4) is 0 Å². The van der Waals surface area contributed by atoms with E-state index in [1.807, 2.05) is 6.92 Å². The summed E-state index contributed by atoms with van der Waals surface area (Å²) in [5, 5.41) is 12.2.